The fourth-order valence-electron chi connectivity index (χ4n) is 4.92. The molecule has 0 fully saturated rings. The lowest BCUT2D eigenvalue weighted by Crippen LogP contribution is -2.26. The second-order valence-corrected chi connectivity index (χ2v) is 10.5. The maximum absolute atomic E-state index is 6.54. The van der Waals surface area contributed by atoms with E-state index in [1.807, 2.05) is 0 Å². The van der Waals surface area contributed by atoms with Crippen LogP contribution in [0.25, 0.3) is 0 Å². The van der Waals surface area contributed by atoms with Crippen molar-refractivity contribution in [2.24, 2.45) is 11.5 Å². The molecule has 33 heavy (non-hydrogen) atoms. The van der Waals surface area contributed by atoms with Crippen molar-refractivity contribution in [1.29, 1.82) is 0 Å². The third-order valence-corrected chi connectivity index (χ3v) is 7.12. The normalized spacial score (nSPS) is 13.5. The Balaban J connectivity index is 3.85. The molecule has 0 rings (SSSR count). The molecular formula is C30H64N2O. The van der Waals surface area contributed by atoms with E-state index in [4.69, 9.17) is 16.2 Å². The molecule has 0 aliphatic heterocycles. The number of nitrogens with two attached hydrogens (primary N) is 2. The number of unbranched alkanes of at least 4 members (excludes halogenated alkanes) is 18. The van der Waals surface area contributed by atoms with Gasteiger partial charge in [0.2, 0.25) is 0 Å². The van der Waals surface area contributed by atoms with Crippen molar-refractivity contribution in [1.82, 2.24) is 0 Å². The maximum atomic E-state index is 6.54. The molecule has 0 saturated carbocycles. The van der Waals surface area contributed by atoms with Gasteiger partial charge in [0.05, 0.1) is 12.2 Å². The zero-order valence-corrected chi connectivity index (χ0v) is 23.1. The zero-order valence-electron chi connectivity index (χ0n) is 23.1. The van der Waals surface area contributed by atoms with E-state index in [0.717, 1.165) is 25.9 Å². The average molecular weight is 469 g/mol. The van der Waals surface area contributed by atoms with E-state index in [-0.39, 0.29) is 0 Å². The van der Waals surface area contributed by atoms with Gasteiger partial charge in [-0.05, 0) is 38.8 Å². The standard InChI is InChI=1S/C30H64N2O/c1-3-5-7-9-11-13-15-17-19-21-23-29(25-27-31)33-30(26-28-32)24-22-20-18-16-14-12-10-8-6-4-2/h29-30H,3-28,31-32H2,1-2H3. The second-order valence-electron chi connectivity index (χ2n) is 10.5. The fourth-order valence-corrected chi connectivity index (χ4v) is 4.92. The lowest BCUT2D eigenvalue weighted by molar-refractivity contribution is -0.0279. The van der Waals surface area contributed by atoms with Crippen molar-refractivity contribution in [2.45, 2.75) is 180 Å². The van der Waals surface area contributed by atoms with Crippen molar-refractivity contribution in [3.63, 3.8) is 0 Å². The fraction of sp³-hybridized carbons (Fsp3) is 1.00. The number of hydrogen-bond donors (Lipinski definition) is 2. The number of ether oxygens (including phenoxy) is 1. The number of hydrogen-bond acceptors (Lipinski definition) is 3. The number of rotatable bonds is 28. The van der Waals surface area contributed by atoms with Gasteiger partial charge in [0.15, 0.2) is 0 Å². The topological polar surface area (TPSA) is 61.3 Å². The van der Waals surface area contributed by atoms with Crippen molar-refractivity contribution in [3.05, 3.63) is 0 Å². The van der Waals surface area contributed by atoms with Crippen LogP contribution in [0.1, 0.15) is 168 Å². The van der Waals surface area contributed by atoms with Crippen LogP contribution in [0.2, 0.25) is 0 Å². The quantitative estimate of drug-likeness (QED) is 0.113. The van der Waals surface area contributed by atoms with Crippen LogP contribution in [0.4, 0.5) is 0 Å². The summed E-state index contributed by atoms with van der Waals surface area (Å²) in [4.78, 5) is 0. The molecule has 0 aliphatic carbocycles. The Bertz CT molecular complexity index is 318. The van der Waals surface area contributed by atoms with Gasteiger partial charge in [0, 0.05) is 0 Å². The highest BCUT2D eigenvalue weighted by Crippen LogP contribution is 2.19. The van der Waals surface area contributed by atoms with Crippen LogP contribution in [-0.4, -0.2) is 25.3 Å². The summed E-state index contributed by atoms with van der Waals surface area (Å²) in [7, 11) is 0. The predicted octanol–water partition coefficient (Wildman–Crippen LogP) is 9.06. The van der Waals surface area contributed by atoms with E-state index >= 15 is 0 Å². The molecule has 0 heterocycles. The molecule has 0 radical (unpaired) electrons. The molecule has 2 atom stereocenters. The summed E-state index contributed by atoms with van der Waals surface area (Å²) in [5.41, 5.74) is 11.8. The van der Waals surface area contributed by atoms with Gasteiger partial charge in [-0.1, -0.05) is 142 Å². The van der Waals surface area contributed by atoms with Crippen molar-refractivity contribution in [3.8, 4) is 0 Å². The highest BCUT2D eigenvalue weighted by molar-refractivity contribution is 4.67. The summed E-state index contributed by atoms with van der Waals surface area (Å²) in [5.74, 6) is 0. The Morgan fingerprint density at radius 3 is 0.939 bits per heavy atom. The van der Waals surface area contributed by atoms with E-state index < -0.39 is 0 Å². The lowest BCUT2D eigenvalue weighted by Gasteiger charge is -2.25. The Hall–Kier alpha value is -0.120. The minimum atomic E-state index is 0.337. The molecule has 200 valence electrons. The Morgan fingerprint density at radius 1 is 0.394 bits per heavy atom. The molecule has 0 spiro atoms. The molecule has 0 saturated heterocycles. The molecule has 2 unspecified atom stereocenters. The van der Waals surface area contributed by atoms with Gasteiger partial charge < -0.3 is 16.2 Å². The minimum Gasteiger partial charge on any atom is -0.375 e. The van der Waals surface area contributed by atoms with E-state index in [2.05, 4.69) is 13.8 Å². The summed E-state index contributed by atoms with van der Waals surface area (Å²) < 4.78 is 6.54. The van der Waals surface area contributed by atoms with Gasteiger partial charge in [-0.2, -0.15) is 0 Å². The van der Waals surface area contributed by atoms with Crippen molar-refractivity contribution < 1.29 is 4.74 Å². The lowest BCUT2D eigenvalue weighted by atomic mass is 10.0. The van der Waals surface area contributed by atoms with Crippen LogP contribution in [-0.2, 0) is 4.74 Å². The summed E-state index contributed by atoms with van der Waals surface area (Å²) in [6.45, 7) is 6.04. The van der Waals surface area contributed by atoms with E-state index in [0.29, 0.717) is 12.2 Å². The van der Waals surface area contributed by atoms with E-state index in [1.54, 1.807) is 0 Å². The van der Waals surface area contributed by atoms with Crippen LogP contribution in [0.15, 0.2) is 0 Å². The smallest absolute Gasteiger partial charge is 0.0591 e. The molecule has 3 nitrogen and oxygen atoms in total. The first-order valence-corrected chi connectivity index (χ1v) is 15.3. The van der Waals surface area contributed by atoms with Crippen LogP contribution in [0.3, 0.4) is 0 Å². The summed E-state index contributed by atoms with van der Waals surface area (Å²) in [6, 6.07) is 0. The van der Waals surface area contributed by atoms with Crippen molar-refractivity contribution in [2.75, 3.05) is 13.1 Å². The monoisotopic (exact) mass is 469 g/mol. The SMILES string of the molecule is CCCCCCCCCCCCC(CCN)OC(CCN)CCCCCCCCCCCC. The summed E-state index contributed by atoms with van der Waals surface area (Å²) >= 11 is 0. The van der Waals surface area contributed by atoms with Gasteiger partial charge >= 0.3 is 0 Å². The molecule has 0 aromatic heterocycles. The molecule has 0 aromatic rings. The Morgan fingerprint density at radius 2 is 0.667 bits per heavy atom. The Labute approximate surface area is 209 Å². The van der Waals surface area contributed by atoms with Crippen LogP contribution in [0.5, 0.6) is 0 Å². The van der Waals surface area contributed by atoms with Crippen LogP contribution in [0, 0.1) is 0 Å². The minimum absolute atomic E-state index is 0.337. The predicted molar refractivity (Wildman–Crippen MR) is 149 cm³/mol. The van der Waals surface area contributed by atoms with Crippen LogP contribution >= 0.6 is 0 Å². The molecule has 0 aliphatic rings. The zero-order chi connectivity index (χ0) is 24.2. The molecule has 0 amide bonds. The molecular weight excluding hydrogens is 404 g/mol. The first kappa shape index (κ1) is 32.9. The van der Waals surface area contributed by atoms with E-state index in [1.165, 1.54) is 141 Å². The Kier molecular flexibility index (Phi) is 28.0. The van der Waals surface area contributed by atoms with Crippen LogP contribution < -0.4 is 11.5 Å². The highest BCUT2D eigenvalue weighted by atomic mass is 16.5. The van der Waals surface area contributed by atoms with Gasteiger partial charge in [-0.3, -0.25) is 0 Å². The molecule has 4 N–H and O–H groups in total. The van der Waals surface area contributed by atoms with Gasteiger partial charge in [0.25, 0.3) is 0 Å². The largest absolute Gasteiger partial charge is 0.375 e. The highest BCUT2D eigenvalue weighted by Gasteiger charge is 2.15. The van der Waals surface area contributed by atoms with Gasteiger partial charge in [-0.25, -0.2) is 0 Å². The molecule has 3 heteroatoms. The maximum Gasteiger partial charge on any atom is 0.0591 e. The first-order chi connectivity index (χ1) is 16.3. The molecule has 0 aromatic carbocycles. The third-order valence-electron chi connectivity index (χ3n) is 7.12. The van der Waals surface area contributed by atoms with E-state index in [9.17, 15) is 0 Å². The average Bonchev–Trinajstić information content (AvgIpc) is 2.81. The first-order valence-electron chi connectivity index (χ1n) is 15.3. The van der Waals surface area contributed by atoms with Crippen molar-refractivity contribution >= 4 is 0 Å². The van der Waals surface area contributed by atoms with Gasteiger partial charge in [0.1, 0.15) is 0 Å². The second kappa shape index (κ2) is 28.1. The summed E-state index contributed by atoms with van der Waals surface area (Å²) in [5, 5.41) is 0. The third kappa shape index (κ3) is 24.8. The summed E-state index contributed by atoms with van der Waals surface area (Å²) in [6.07, 6.45) is 32.8. The van der Waals surface area contributed by atoms with Gasteiger partial charge in [-0.15, -0.1) is 0 Å². The molecule has 0 bridgehead atoms.